The summed E-state index contributed by atoms with van der Waals surface area (Å²) in [5, 5.41) is 0. The molecule has 1 aromatic carbocycles. The van der Waals surface area contributed by atoms with Gasteiger partial charge in [-0.25, -0.2) is 0 Å². The highest BCUT2D eigenvalue weighted by molar-refractivity contribution is 5.64. The monoisotopic (exact) mass is 174 g/mol. The lowest BCUT2D eigenvalue weighted by molar-refractivity contribution is -0.109. The lowest BCUT2D eigenvalue weighted by atomic mass is 9.95. The maximum atomic E-state index is 10.6. The summed E-state index contributed by atoms with van der Waals surface area (Å²) in [6, 6.07) is 8.50. The number of aryl methyl sites for hydroxylation is 1. The molecule has 1 nitrogen and oxygen atoms in total. The van der Waals surface area contributed by atoms with Crippen molar-refractivity contribution >= 4 is 6.29 Å². The van der Waals surface area contributed by atoms with Crippen molar-refractivity contribution in [1.82, 2.24) is 0 Å². The Bertz CT molecular complexity index is 325. The van der Waals surface area contributed by atoms with Crippen LogP contribution in [0.25, 0.3) is 0 Å². The molecular formula is C12H14O. The molecule has 0 bridgehead atoms. The smallest absolute Gasteiger partial charge is 0.123 e. The fraction of sp³-hybridized carbons (Fsp3) is 0.417. The summed E-state index contributed by atoms with van der Waals surface area (Å²) >= 11 is 0. The molecule has 0 heterocycles. The number of benzene rings is 1. The molecule has 1 aliphatic carbocycles. The molecule has 1 heteroatoms. The van der Waals surface area contributed by atoms with E-state index < -0.39 is 0 Å². The van der Waals surface area contributed by atoms with E-state index in [4.69, 9.17) is 0 Å². The first-order valence-corrected chi connectivity index (χ1v) is 4.69. The number of aldehydes is 1. The minimum Gasteiger partial charge on any atom is -0.303 e. The average Bonchev–Trinajstić information content (AvgIpc) is 2.80. The minimum atomic E-state index is 0.134. The standard InChI is InChI=1S/C12H14O/c1-9-3-5-10(6-4-9)12(2)7-11(12)8-13/h3-6,8,11H,7H2,1-2H3. The van der Waals surface area contributed by atoms with E-state index in [1.807, 2.05) is 0 Å². The van der Waals surface area contributed by atoms with Gasteiger partial charge >= 0.3 is 0 Å². The maximum absolute atomic E-state index is 10.6. The summed E-state index contributed by atoms with van der Waals surface area (Å²) in [5.41, 5.74) is 2.71. The van der Waals surface area contributed by atoms with Gasteiger partial charge in [0.1, 0.15) is 6.29 Å². The van der Waals surface area contributed by atoms with Gasteiger partial charge in [0.15, 0.2) is 0 Å². The van der Waals surface area contributed by atoms with E-state index in [1.54, 1.807) is 0 Å². The summed E-state index contributed by atoms with van der Waals surface area (Å²) in [4.78, 5) is 10.6. The van der Waals surface area contributed by atoms with E-state index in [0.717, 1.165) is 12.7 Å². The summed E-state index contributed by atoms with van der Waals surface area (Å²) in [7, 11) is 0. The summed E-state index contributed by atoms with van der Waals surface area (Å²) < 4.78 is 0. The number of hydrogen-bond acceptors (Lipinski definition) is 1. The van der Waals surface area contributed by atoms with Crippen molar-refractivity contribution in [2.45, 2.75) is 25.7 Å². The first-order valence-electron chi connectivity index (χ1n) is 4.69. The van der Waals surface area contributed by atoms with Gasteiger partial charge in [0, 0.05) is 11.3 Å². The highest BCUT2D eigenvalue weighted by atomic mass is 16.1. The number of hydrogen-bond donors (Lipinski definition) is 0. The Kier molecular flexibility index (Phi) is 1.76. The van der Waals surface area contributed by atoms with Crippen molar-refractivity contribution < 1.29 is 4.79 Å². The van der Waals surface area contributed by atoms with Gasteiger partial charge in [0.05, 0.1) is 0 Å². The molecule has 0 aromatic heterocycles. The quantitative estimate of drug-likeness (QED) is 0.629. The van der Waals surface area contributed by atoms with E-state index in [9.17, 15) is 4.79 Å². The van der Waals surface area contributed by atoms with Gasteiger partial charge in [-0.2, -0.15) is 0 Å². The summed E-state index contributed by atoms with van der Waals surface area (Å²) in [6.07, 6.45) is 2.10. The zero-order valence-corrected chi connectivity index (χ0v) is 8.08. The van der Waals surface area contributed by atoms with Crippen molar-refractivity contribution in [2.75, 3.05) is 0 Å². The Morgan fingerprint density at radius 3 is 2.46 bits per heavy atom. The predicted molar refractivity (Wildman–Crippen MR) is 52.7 cm³/mol. The van der Waals surface area contributed by atoms with Gasteiger partial charge in [-0.1, -0.05) is 36.8 Å². The zero-order valence-electron chi connectivity index (χ0n) is 8.08. The van der Waals surface area contributed by atoms with Crippen LogP contribution in [0.5, 0.6) is 0 Å². The highest BCUT2D eigenvalue weighted by Gasteiger charge is 2.50. The average molecular weight is 174 g/mol. The molecule has 0 saturated heterocycles. The first-order chi connectivity index (χ1) is 6.16. The maximum Gasteiger partial charge on any atom is 0.123 e. The molecule has 1 aromatic rings. The van der Waals surface area contributed by atoms with Crippen LogP contribution >= 0.6 is 0 Å². The van der Waals surface area contributed by atoms with E-state index in [1.165, 1.54) is 11.1 Å². The van der Waals surface area contributed by atoms with Crippen LogP contribution in [0, 0.1) is 12.8 Å². The van der Waals surface area contributed by atoms with E-state index in [-0.39, 0.29) is 11.3 Å². The predicted octanol–water partition coefficient (Wildman–Crippen LogP) is 2.47. The van der Waals surface area contributed by atoms with Crippen LogP contribution < -0.4 is 0 Å². The molecule has 0 amide bonds. The molecule has 1 saturated carbocycles. The first kappa shape index (κ1) is 8.49. The van der Waals surface area contributed by atoms with Crippen molar-refractivity contribution in [3.63, 3.8) is 0 Å². The van der Waals surface area contributed by atoms with Crippen LogP contribution in [0.2, 0.25) is 0 Å². The molecule has 1 fully saturated rings. The van der Waals surface area contributed by atoms with Gasteiger partial charge in [-0.3, -0.25) is 0 Å². The largest absolute Gasteiger partial charge is 0.303 e. The van der Waals surface area contributed by atoms with Crippen LogP contribution in [-0.2, 0) is 10.2 Å². The molecule has 0 aliphatic heterocycles. The Hall–Kier alpha value is -1.11. The van der Waals surface area contributed by atoms with Crippen LogP contribution in [0.3, 0.4) is 0 Å². The van der Waals surface area contributed by atoms with Crippen LogP contribution in [0.1, 0.15) is 24.5 Å². The molecule has 2 atom stereocenters. The SMILES string of the molecule is Cc1ccc(C2(C)CC2C=O)cc1. The summed E-state index contributed by atoms with van der Waals surface area (Å²) in [5.74, 6) is 0.246. The van der Waals surface area contributed by atoms with Crippen molar-refractivity contribution in [3.05, 3.63) is 35.4 Å². The van der Waals surface area contributed by atoms with E-state index >= 15 is 0 Å². The summed E-state index contributed by atoms with van der Waals surface area (Å²) in [6.45, 7) is 4.24. The molecule has 0 radical (unpaired) electrons. The topological polar surface area (TPSA) is 17.1 Å². The van der Waals surface area contributed by atoms with Gasteiger partial charge in [-0.15, -0.1) is 0 Å². The Morgan fingerprint density at radius 2 is 2.00 bits per heavy atom. The molecule has 68 valence electrons. The minimum absolute atomic E-state index is 0.134. The second-order valence-electron chi connectivity index (χ2n) is 4.23. The van der Waals surface area contributed by atoms with Crippen LogP contribution in [0.4, 0.5) is 0 Å². The number of rotatable bonds is 2. The zero-order chi connectivity index (χ0) is 9.47. The molecule has 0 N–H and O–H groups in total. The van der Waals surface area contributed by atoms with Gasteiger partial charge in [0.2, 0.25) is 0 Å². The Balaban J connectivity index is 2.27. The lowest BCUT2D eigenvalue weighted by Gasteiger charge is -2.09. The van der Waals surface area contributed by atoms with Crippen molar-refractivity contribution in [1.29, 1.82) is 0 Å². The fourth-order valence-corrected chi connectivity index (χ4v) is 1.86. The van der Waals surface area contributed by atoms with E-state index in [0.29, 0.717) is 0 Å². The third kappa shape index (κ3) is 1.28. The van der Waals surface area contributed by atoms with Gasteiger partial charge in [-0.05, 0) is 18.9 Å². The number of carbonyl (C=O) groups is 1. The van der Waals surface area contributed by atoms with Crippen molar-refractivity contribution in [2.24, 2.45) is 5.92 Å². The van der Waals surface area contributed by atoms with Crippen LogP contribution in [-0.4, -0.2) is 6.29 Å². The second kappa shape index (κ2) is 2.69. The van der Waals surface area contributed by atoms with E-state index in [2.05, 4.69) is 38.1 Å². The third-order valence-corrected chi connectivity index (χ3v) is 3.18. The highest BCUT2D eigenvalue weighted by Crippen LogP contribution is 2.52. The normalized spacial score (nSPS) is 31.4. The molecule has 2 unspecified atom stereocenters. The molecular weight excluding hydrogens is 160 g/mol. The van der Waals surface area contributed by atoms with Crippen LogP contribution in [0.15, 0.2) is 24.3 Å². The lowest BCUT2D eigenvalue weighted by Crippen LogP contribution is -2.04. The Labute approximate surface area is 78.8 Å². The number of carbonyl (C=O) groups excluding carboxylic acids is 1. The third-order valence-electron chi connectivity index (χ3n) is 3.18. The molecule has 2 rings (SSSR count). The second-order valence-corrected chi connectivity index (χ2v) is 4.23. The molecule has 13 heavy (non-hydrogen) atoms. The van der Waals surface area contributed by atoms with Crippen molar-refractivity contribution in [3.8, 4) is 0 Å². The molecule has 1 aliphatic rings. The van der Waals surface area contributed by atoms with Gasteiger partial charge < -0.3 is 4.79 Å². The van der Waals surface area contributed by atoms with Gasteiger partial charge in [0.25, 0.3) is 0 Å². The fourth-order valence-electron chi connectivity index (χ4n) is 1.86. The molecule has 0 spiro atoms. The Morgan fingerprint density at radius 1 is 1.38 bits per heavy atom.